The van der Waals surface area contributed by atoms with Crippen LogP contribution in [0.1, 0.15) is 46.4 Å². The highest BCUT2D eigenvalue weighted by Crippen LogP contribution is 2.38. The summed E-state index contributed by atoms with van der Waals surface area (Å²) in [6.45, 7) is 5.60. The molecule has 2 heterocycles. The van der Waals surface area contributed by atoms with Crippen LogP contribution >= 0.6 is 0 Å². The van der Waals surface area contributed by atoms with Gasteiger partial charge < -0.3 is 4.90 Å². The van der Waals surface area contributed by atoms with Gasteiger partial charge in [0.15, 0.2) is 0 Å². The Kier molecular flexibility index (Phi) is 4.51. The molecule has 1 aromatic heterocycles. The fourth-order valence-corrected chi connectivity index (χ4v) is 4.46. The third-order valence-corrected chi connectivity index (χ3v) is 6.05. The Morgan fingerprint density at radius 1 is 0.931 bits per heavy atom. The first-order valence-electron chi connectivity index (χ1n) is 10.3. The summed E-state index contributed by atoms with van der Waals surface area (Å²) < 4.78 is 0. The van der Waals surface area contributed by atoms with Crippen molar-refractivity contribution in [1.29, 1.82) is 0 Å². The monoisotopic (exact) mass is 380 g/mol. The molecule has 0 bridgehead atoms. The number of amides is 1. The normalized spacial score (nSPS) is 17.7. The highest BCUT2D eigenvalue weighted by molar-refractivity contribution is 6.09. The van der Waals surface area contributed by atoms with E-state index in [1.54, 1.807) is 0 Å². The Balaban J connectivity index is 1.64. The molecule has 0 unspecified atom stereocenters. The van der Waals surface area contributed by atoms with Gasteiger partial charge in [0, 0.05) is 18.5 Å². The van der Waals surface area contributed by atoms with Gasteiger partial charge in [-0.15, -0.1) is 0 Å². The van der Waals surface area contributed by atoms with E-state index in [2.05, 4.69) is 36.9 Å². The van der Waals surface area contributed by atoms with Gasteiger partial charge in [-0.05, 0) is 54.5 Å². The van der Waals surface area contributed by atoms with Gasteiger partial charge in [-0.1, -0.05) is 60.7 Å². The van der Waals surface area contributed by atoms with E-state index in [9.17, 15) is 4.79 Å². The Morgan fingerprint density at radius 3 is 2.45 bits per heavy atom. The molecule has 1 amide bonds. The Bertz CT molecular complexity index is 1130. The molecule has 3 aromatic rings. The Hall–Kier alpha value is -3.20. The minimum absolute atomic E-state index is 0.147. The number of carbonyl (C=O) groups is 1. The van der Waals surface area contributed by atoms with E-state index < -0.39 is 0 Å². The molecule has 1 saturated heterocycles. The average molecular weight is 380 g/mol. The van der Waals surface area contributed by atoms with Gasteiger partial charge in [0.25, 0.3) is 5.91 Å². The number of hydrogen-bond donors (Lipinski definition) is 0. The van der Waals surface area contributed by atoms with Crippen molar-refractivity contribution in [3.8, 4) is 0 Å². The zero-order chi connectivity index (χ0) is 19.8. The van der Waals surface area contributed by atoms with Crippen LogP contribution in [0.5, 0.6) is 0 Å². The smallest absolute Gasteiger partial charge is 0.254 e. The van der Waals surface area contributed by atoms with E-state index in [1.807, 2.05) is 35.2 Å². The second kappa shape index (κ2) is 7.32. The first-order valence-corrected chi connectivity index (χ1v) is 10.3. The minimum Gasteiger partial charge on any atom is -0.338 e. The van der Waals surface area contributed by atoms with E-state index in [-0.39, 0.29) is 5.91 Å². The van der Waals surface area contributed by atoms with Gasteiger partial charge in [-0.25, -0.2) is 4.98 Å². The topological polar surface area (TPSA) is 33.2 Å². The van der Waals surface area contributed by atoms with E-state index >= 15 is 0 Å². The molecule has 1 fully saturated rings. The summed E-state index contributed by atoms with van der Waals surface area (Å²) in [6, 6.07) is 18.4. The van der Waals surface area contributed by atoms with E-state index in [0.29, 0.717) is 0 Å². The van der Waals surface area contributed by atoms with E-state index in [1.165, 1.54) is 16.7 Å². The van der Waals surface area contributed by atoms with Crippen molar-refractivity contribution in [2.45, 2.75) is 25.7 Å². The lowest BCUT2D eigenvalue weighted by atomic mass is 9.98. The number of hydrogen-bond acceptors (Lipinski definition) is 2. The Morgan fingerprint density at radius 2 is 1.66 bits per heavy atom. The van der Waals surface area contributed by atoms with Crippen LogP contribution in [0.15, 0.2) is 66.7 Å². The molecule has 5 rings (SSSR count). The first kappa shape index (κ1) is 17.9. The fourth-order valence-electron chi connectivity index (χ4n) is 4.46. The third-order valence-electron chi connectivity index (χ3n) is 6.05. The largest absolute Gasteiger partial charge is 0.338 e. The second-order valence-electron chi connectivity index (χ2n) is 7.95. The Labute approximate surface area is 171 Å². The summed E-state index contributed by atoms with van der Waals surface area (Å²) in [7, 11) is 0. The quantitative estimate of drug-likeness (QED) is 0.549. The number of benzene rings is 2. The molecule has 0 N–H and O–H groups in total. The number of rotatable bonds is 2. The third kappa shape index (κ3) is 3.27. The van der Waals surface area contributed by atoms with Crippen molar-refractivity contribution < 1.29 is 4.79 Å². The molecule has 144 valence electrons. The molecular formula is C26H24N2O. The molecular weight excluding hydrogens is 356 g/mol. The van der Waals surface area contributed by atoms with Gasteiger partial charge in [0.2, 0.25) is 0 Å². The molecule has 29 heavy (non-hydrogen) atoms. The summed E-state index contributed by atoms with van der Waals surface area (Å²) in [5.74, 6) is 0.147. The number of allylic oxidation sites excluding steroid dienone is 1. The highest BCUT2D eigenvalue weighted by atomic mass is 16.2. The van der Waals surface area contributed by atoms with Crippen LogP contribution in [-0.4, -0.2) is 28.9 Å². The SMILES string of the molecule is C=C1CCN(C(=O)c2c3c(nc4ccccc24)/C(=C\c2ccccc2)CC3)CC1. The van der Waals surface area contributed by atoms with Crippen molar-refractivity contribution in [1.82, 2.24) is 9.88 Å². The maximum Gasteiger partial charge on any atom is 0.254 e. The van der Waals surface area contributed by atoms with Crippen LogP contribution in [0.4, 0.5) is 0 Å². The molecule has 0 radical (unpaired) electrons. The van der Waals surface area contributed by atoms with Crippen LogP contribution in [0, 0.1) is 0 Å². The summed E-state index contributed by atoms with van der Waals surface area (Å²) in [5.41, 5.74) is 7.50. The number of fused-ring (bicyclic) bond motifs is 2. The molecule has 3 nitrogen and oxygen atoms in total. The van der Waals surface area contributed by atoms with Gasteiger partial charge in [-0.2, -0.15) is 0 Å². The number of piperidine rings is 1. The fraction of sp³-hybridized carbons (Fsp3) is 0.231. The van der Waals surface area contributed by atoms with Crippen molar-refractivity contribution in [2.75, 3.05) is 13.1 Å². The standard InChI is InChI=1S/C26H24N2O/c1-18-13-15-28(16-14-18)26(29)24-21-9-5-6-10-23(21)27-25-20(11-12-22(24)25)17-19-7-3-2-4-8-19/h2-10,17H,1,11-16H2/b20-17-. The average Bonchev–Trinajstić information content (AvgIpc) is 3.15. The van der Waals surface area contributed by atoms with Crippen LogP contribution in [0.25, 0.3) is 22.6 Å². The molecule has 0 spiro atoms. The lowest BCUT2D eigenvalue weighted by Gasteiger charge is -2.29. The lowest BCUT2D eigenvalue weighted by Crippen LogP contribution is -2.36. The summed E-state index contributed by atoms with van der Waals surface area (Å²) in [6.07, 6.45) is 5.80. The molecule has 0 saturated carbocycles. The first-order chi connectivity index (χ1) is 14.2. The summed E-state index contributed by atoms with van der Waals surface area (Å²) in [5, 5.41) is 0.974. The second-order valence-corrected chi connectivity index (χ2v) is 7.95. The molecule has 0 atom stereocenters. The van der Waals surface area contributed by atoms with E-state index in [0.717, 1.165) is 66.5 Å². The predicted octanol–water partition coefficient (Wildman–Crippen LogP) is 5.51. The van der Waals surface area contributed by atoms with Crippen LogP contribution < -0.4 is 0 Å². The molecule has 2 aliphatic rings. The minimum atomic E-state index is 0.147. The number of likely N-dealkylation sites (tertiary alicyclic amines) is 1. The predicted molar refractivity (Wildman–Crippen MR) is 119 cm³/mol. The summed E-state index contributed by atoms with van der Waals surface area (Å²) >= 11 is 0. The van der Waals surface area contributed by atoms with Gasteiger partial charge in [-0.3, -0.25) is 4.79 Å². The van der Waals surface area contributed by atoms with Crippen molar-refractivity contribution in [2.24, 2.45) is 0 Å². The van der Waals surface area contributed by atoms with Crippen LogP contribution in [-0.2, 0) is 6.42 Å². The van der Waals surface area contributed by atoms with Gasteiger partial charge in [0.05, 0.1) is 16.8 Å². The number of para-hydroxylation sites is 1. The molecule has 1 aliphatic carbocycles. The summed E-state index contributed by atoms with van der Waals surface area (Å²) in [4.78, 5) is 20.6. The molecule has 2 aromatic carbocycles. The van der Waals surface area contributed by atoms with Crippen molar-refractivity contribution in [3.05, 3.63) is 89.1 Å². The van der Waals surface area contributed by atoms with Gasteiger partial charge in [0.1, 0.15) is 0 Å². The lowest BCUT2D eigenvalue weighted by molar-refractivity contribution is 0.0744. The maximum atomic E-state index is 13.6. The highest BCUT2D eigenvalue weighted by Gasteiger charge is 2.29. The number of carbonyl (C=O) groups excluding carboxylic acids is 1. The van der Waals surface area contributed by atoms with Crippen LogP contribution in [0.2, 0.25) is 0 Å². The van der Waals surface area contributed by atoms with Crippen LogP contribution in [0.3, 0.4) is 0 Å². The zero-order valence-corrected chi connectivity index (χ0v) is 16.5. The van der Waals surface area contributed by atoms with E-state index in [4.69, 9.17) is 4.98 Å². The van der Waals surface area contributed by atoms with Crippen molar-refractivity contribution >= 4 is 28.5 Å². The molecule has 1 aliphatic heterocycles. The number of nitrogens with zero attached hydrogens (tertiary/aromatic N) is 2. The number of pyridine rings is 1. The van der Waals surface area contributed by atoms with Crippen molar-refractivity contribution in [3.63, 3.8) is 0 Å². The van der Waals surface area contributed by atoms with Gasteiger partial charge >= 0.3 is 0 Å². The number of aromatic nitrogens is 1. The zero-order valence-electron chi connectivity index (χ0n) is 16.5. The molecule has 3 heteroatoms. The maximum absolute atomic E-state index is 13.6.